The highest BCUT2D eigenvalue weighted by Crippen LogP contribution is 2.36. The third kappa shape index (κ3) is 1.97. The summed E-state index contributed by atoms with van der Waals surface area (Å²) >= 11 is 0. The summed E-state index contributed by atoms with van der Waals surface area (Å²) in [6, 6.07) is 7.98. The van der Waals surface area contributed by atoms with Gasteiger partial charge in [-0.2, -0.15) is 13.2 Å². The molecule has 0 aliphatic rings. The lowest BCUT2D eigenvalue weighted by molar-refractivity contribution is -0.137. The Morgan fingerprint density at radius 3 is 2.50 bits per heavy atom. The van der Waals surface area contributed by atoms with Crippen molar-refractivity contribution in [1.29, 1.82) is 0 Å². The molecule has 0 atom stereocenters. The van der Waals surface area contributed by atoms with Gasteiger partial charge in [-0.25, -0.2) is 0 Å². The molecule has 0 unspecified atom stereocenters. The first kappa shape index (κ1) is 12.5. The second-order valence-corrected chi connectivity index (χ2v) is 4.18. The lowest BCUT2D eigenvalue weighted by Gasteiger charge is -2.11. The molecule has 20 heavy (non-hydrogen) atoms. The molecule has 0 saturated heterocycles. The van der Waals surface area contributed by atoms with Crippen LogP contribution in [-0.2, 0) is 6.18 Å². The van der Waals surface area contributed by atoms with Gasteiger partial charge in [0.2, 0.25) is 0 Å². The lowest BCUT2D eigenvalue weighted by atomic mass is 10.1. The van der Waals surface area contributed by atoms with Crippen LogP contribution in [0.4, 0.5) is 13.2 Å². The van der Waals surface area contributed by atoms with Crippen molar-refractivity contribution in [3.05, 3.63) is 48.2 Å². The van der Waals surface area contributed by atoms with Gasteiger partial charge in [0.1, 0.15) is 5.75 Å². The van der Waals surface area contributed by atoms with Gasteiger partial charge >= 0.3 is 6.18 Å². The van der Waals surface area contributed by atoms with Crippen molar-refractivity contribution in [2.24, 2.45) is 0 Å². The smallest absolute Gasteiger partial charge is 0.417 e. The van der Waals surface area contributed by atoms with E-state index in [4.69, 9.17) is 0 Å². The van der Waals surface area contributed by atoms with Crippen molar-refractivity contribution in [3.8, 4) is 17.1 Å². The first-order valence-electron chi connectivity index (χ1n) is 5.67. The Bertz CT molecular complexity index is 780. The summed E-state index contributed by atoms with van der Waals surface area (Å²) in [7, 11) is 0. The SMILES string of the molecule is Oc1ccc2nnc(-c3ccccc3C(F)(F)F)n2c1. The number of fused-ring (bicyclic) bond motifs is 1. The first-order chi connectivity index (χ1) is 9.47. The fourth-order valence-electron chi connectivity index (χ4n) is 1.99. The van der Waals surface area contributed by atoms with Crippen LogP contribution in [0.25, 0.3) is 17.0 Å². The standard InChI is InChI=1S/C13H8F3N3O/c14-13(15,16)10-4-2-1-3-9(10)12-18-17-11-6-5-8(20)7-19(11)12/h1-7,20H. The largest absolute Gasteiger partial charge is 0.506 e. The average molecular weight is 279 g/mol. The minimum Gasteiger partial charge on any atom is -0.506 e. The van der Waals surface area contributed by atoms with Crippen molar-refractivity contribution in [3.63, 3.8) is 0 Å². The fraction of sp³-hybridized carbons (Fsp3) is 0.0769. The second-order valence-electron chi connectivity index (χ2n) is 4.18. The fourth-order valence-corrected chi connectivity index (χ4v) is 1.99. The van der Waals surface area contributed by atoms with Crippen molar-refractivity contribution >= 4 is 5.65 Å². The number of pyridine rings is 1. The molecular weight excluding hydrogens is 271 g/mol. The van der Waals surface area contributed by atoms with Gasteiger partial charge in [-0.05, 0) is 18.2 Å². The quantitative estimate of drug-likeness (QED) is 0.744. The van der Waals surface area contributed by atoms with Gasteiger partial charge in [0.25, 0.3) is 0 Å². The summed E-state index contributed by atoms with van der Waals surface area (Å²) in [5.74, 6) is -0.0492. The number of nitrogens with zero attached hydrogens (tertiary/aromatic N) is 3. The summed E-state index contributed by atoms with van der Waals surface area (Å²) in [5, 5.41) is 17.0. The van der Waals surface area contributed by atoms with E-state index in [2.05, 4.69) is 10.2 Å². The van der Waals surface area contributed by atoms with Crippen LogP contribution in [-0.4, -0.2) is 19.7 Å². The first-order valence-corrected chi connectivity index (χ1v) is 5.67. The average Bonchev–Trinajstić information content (AvgIpc) is 2.80. The molecule has 0 saturated carbocycles. The van der Waals surface area contributed by atoms with Crippen LogP contribution in [0.5, 0.6) is 5.75 Å². The molecule has 3 aromatic rings. The van der Waals surface area contributed by atoms with E-state index in [-0.39, 0.29) is 17.1 Å². The predicted octanol–water partition coefficient (Wildman–Crippen LogP) is 3.12. The van der Waals surface area contributed by atoms with Gasteiger partial charge in [0.05, 0.1) is 11.8 Å². The maximum absolute atomic E-state index is 13.0. The van der Waals surface area contributed by atoms with Crippen LogP contribution in [0.1, 0.15) is 5.56 Å². The zero-order valence-electron chi connectivity index (χ0n) is 9.96. The third-order valence-corrected chi connectivity index (χ3v) is 2.86. The number of hydrogen-bond acceptors (Lipinski definition) is 3. The molecule has 0 spiro atoms. The molecule has 0 aliphatic carbocycles. The molecule has 1 N–H and O–H groups in total. The van der Waals surface area contributed by atoms with Gasteiger partial charge in [-0.15, -0.1) is 10.2 Å². The molecular formula is C13H8F3N3O. The second kappa shape index (κ2) is 4.22. The lowest BCUT2D eigenvalue weighted by Crippen LogP contribution is -2.08. The molecule has 2 aromatic heterocycles. The van der Waals surface area contributed by atoms with E-state index in [1.165, 1.54) is 40.9 Å². The molecule has 0 fully saturated rings. The summed E-state index contributed by atoms with van der Waals surface area (Å²) in [5.41, 5.74) is -0.523. The Morgan fingerprint density at radius 2 is 1.75 bits per heavy atom. The van der Waals surface area contributed by atoms with E-state index in [9.17, 15) is 18.3 Å². The highest BCUT2D eigenvalue weighted by Gasteiger charge is 2.34. The molecule has 3 rings (SSSR count). The Morgan fingerprint density at radius 1 is 1.00 bits per heavy atom. The maximum Gasteiger partial charge on any atom is 0.417 e. The van der Waals surface area contributed by atoms with Crippen molar-refractivity contribution in [2.75, 3.05) is 0 Å². The number of alkyl halides is 3. The number of aromatic hydroxyl groups is 1. The summed E-state index contributed by atoms with van der Waals surface area (Å²) in [4.78, 5) is 0. The van der Waals surface area contributed by atoms with E-state index >= 15 is 0 Å². The molecule has 7 heteroatoms. The molecule has 0 radical (unpaired) electrons. The maximum atomic E-state index is 13.0. The van der Waals surface area contributed by atoms with Crippen molar-refractivity contribution < 1.29 is 18.3 Å². The Balaban J connectivity index is 2.29. The minimum atomic E-state index is -4.49. The molecule has 1 aromatic carbocycles. The molecule has 0 bridgehead atoms. The van der Waals surface area contributed by atoms with Crippen molar-refractivity contribution in [2.45, 2.75) is 6.18 Å². The van der Waals surface area contributed by atoms with Gasteiger partial charge in [-0.3, -0.25) is 4.40 Å². The molecule has 0 aliphatic heterocycles. The topological polar surface area (TPSA) is 50.4 Å². The number of rotatable bonds is 1. The monoisotopic (exact) mass is 279 g/mol. The number of aromatic nitrogens is 3. The Labute approximate surface area is 111 Å². The summed E-state index contributed by atoms with van der Waals surface area (Å²) in [6.07, 6.45) is -3.21. The van der Waals surface area contributed by atoms with Crippen LogP contribution < -0.4 is 0 Å². The van der Waals surface area contributed by atoms with E-state index in [0.717, 1.165) is 6.07 Å². The van der Waals surface area contributed by atoms with Gasteiger partial charge < -0.3 is 5.11 Å². The van der Waals surface area contributed by atoms with E-state index in [0.29, 0.717) is 5.65 Å². The van der Waals surface area contributed by atoms with Crippen LogP contribution >= 0.6 is 0 Å². The molecule has 4 nitrogen and oxygen atoms in total. The number of hydrogen-bond donors (Lipinski definition) is 1. The number of benzene rings is 1. The highest BCUT2D eigenvalue weighted by atomic mass is 19.4. The van der Waals surface area contributed by atoms with Crippen LogP contribution in [0.15, 0.2) is 42.6 Å². The van der Waals surface area contributed by atoms with E-state index < -0.39 is 11.7 Å². The number of halogens is 3. The molecule has 102 valence electrons. The van der Waals surface area contributed by atoms with Gasteiger partial charge in [0, 0.05) is 5.56 Å². The zero-order valence-corrected chi connectivity index (χ0v) is 9.96. The molecule has 0 amide bonds. The summed E-state index contributed by atoms with van der Waals surface area (Å²) < 4.78 is 40.4. The van der Waals surface area contributed by atoms with E-state index in [1.54, 1.807) is 0 Å². The Kier molecular flexibility index (Phi) is 2.63. The van der Waals surface area contributed by atoms with Crippen LogP contribution in [0.3, 0.4) is 0 Å². The predicted molar refractivity (Wildman–Crippen MR) is 65.1 cm³/mol. The van der Waals surface area contributed by atoms with Crippen LogP contribution in [0.2, 0.25) is 0 Å². The summed E-state index contributed by atoms with van der Waals surface area (Å²) in [6.45, 7) is 0. The Hall–Kier alpha value is -2.57. The van der Waals surface area contributed by atoms with Crippen LogP contribution in [0, 0.1) is 0 Å². The molecule has 2 heterocycles. The van der Waals surface area contributed by atoms with E-state index in [1.807, 2.05) is 0 Å². The highest BCUT2D eigenvalue weighted by molar-refractivity contribution is 5.64. The minimum absolute atomic E-state index is 0.0313. The zero-order chi connectivity index (χ0) is 14.3. The van der Waals surface area contributed by atoms with Gasteiger partial charge in [-0.1, -0.05) is 18.2 Å². The van der Waals surface area contributed by atoms with Gasteiger partial charge in [0.15, 0.2) is 11.5 Å². The van der Waals surface area contributed by atoms with Crippen molar-refractivity contribution in [1.82, 2.24) is 14.6 Å². The normalized spacial score (nSPS) is 11.9. The third-order valence-electron chi connectivity index (χ3n) is 2.86.